The summed E-state index contributed by atoms with van der Waals surface area (Å²) < 4.78 is 49.5. The summed E-state index contributed by atoms with van der Waals surface area (Å²) in [6, 6.07) is 15.5. The van der Waals surface area contributed by atoms with Gasteiger partial charge in [0.15, 0.2) is 35.8 Å². The van der Waals surface area contributed by atoms with Gasteiger partial charge in [0.2, 0.25) is 5.95 Å². The number of aliphatic hydroxyl groups excluding tert-OH is 2. The minimum atomic E-state index is -5.28. The van der Waals surface area contributed by atoms with Crippen LogP contribution in [-0.2, 0) is 32.6 Å². The summed E-state index contributed by atoms with van der Waals surface area (Å²) in [7, 11) is -5.28. The molecule has 2 aliphatic rings. The van der Waals surface area contributed by atoms with Gasteiger partial charge in [-0.3, -0.25) is 23.0 Å². The fourth-order valence-corrected chi connectivity index (χ4v) is 7.13. The van der Waals surface area contributed by atoms with Gasteiger partial charge in [-0.25, -0.2) is 33.9 Å². The van der Waals surface area contributed by atoms with Gasteiger partial charge >= 0.3 is 25.5 Å². The molecule has 2 aromatic carbocycles. The first-order valence-electron chi connectivity index (χ1n) is 16.8. The van der Waals surface area contributed by atoms with Crippen LogP contribution < -0.4 is 17.0 Å². The normalized spacial score (nSPS) is 25.9. The van der Waals surface area contributed by atoms with Crippen molar-refractivity contribution in [3.05, 3.63) is 111 Å². The number of fused-ring (bicyclic) bond motifs is 1. The maximum atomic E-state index is 13.6. The molecule has 5 heterocycles. The van der Waals surface area contributed by atoms with Gasteiger partial charge in [0.05, 0.1) is 30.7 Å². The first kappa shape index (κ1) is 38.6. The van der Waals surface area contributed by atoms with E-state index in [1.54, 1.807) is 36.4 Å². The van der Waals surface area contributed by atoms with Gasteiger partial charge < -0.3 is 44.8 Å². The number of aliphatic hydroxyl groups is 2. The van der Waals surface area contributed by atoms with Crippen LogP contribution in [-0.4, -0.2) is 111 Å². The van der Waals surface area contributed by atoms with Crippen LogP contribution in [0.15, 0.2) is 82.9 Å². The summed E-state index contributed by atoms with van der Waals surface area (Å²) >= 11 is 0. The number of carbonyl (C=O) groups excluding carboxylic acids is 2. The molecule has 2 fully saturated rings. The Morgan fingerprint density at radius 3 is 2.09 bits per heavy atom. The van der Waals surface area contributed by atoms with Crippen LogP contribution in [0.25, 0.3) is 11.2 Å². The van der Waals surface area contributed by atoms with Crippen molar-refractivity contribution in [2.24, 2.45) is 0 Å². The summed E-state index contributed by atoms with van der Waals surface area (Å²) in [6.07, 6.45) is -10.5. The van der Waals surface area contributed by atoms with Crippen molar-refractivity contribution in [1.82, 2.24) is 34.1 Å². The molecule has 294 valence electrons. The van der Waals surface area contributed by atoms with E-state index in [1.807, 2.05) is 0 Å². The van der Waals surface area contributed by atoms with Crippen LogP contribution >= 0.6 is 7.82 Å². The number of nitrogens with one attached hydrogen (secondary N) is 1. The number of aromatic amines is 1. The monoisotopic (exact) mass is 796 g/mol. The number of aromatic nitrogens is 7. The molecule has 7 rings (SSSR count). The molecular formula is C33H33N8O14P. The Morgan fingerprint density at radius 2 is 1.46 bits per heavy atom. The smallest absolute Gasteiger partial charge is 0.451 e. The summed E-state index contributed by atoms with van der Waals surface area (Å²) in [5, 5.41) is 21.6. The largest absolute Gasteiger partial charge is 0.472 e. The minimum absolute atomic E-state index is 0.00725. The molecule has 56 heavy (non-hydrogen) atoms. The van der Waals surface area contributed by atoms with Crippen LogP contribution in [0.4, 0.5) is 5.95 Å². The summed E-state index contributed by atoms with van der Waals surface area (Å²) in [6.45, 7) is -0.199. The Hall–Kier alpha value is -5.71. The SMILES string of the molecule is Cc1nc2c(ncn2[C@@H]2O[C@H](CO)C(OP(=O)(O)OC[C@H]3O[C@@H](n4cnc(N)nc4=O)[C@@H](OC(=O)c4ccccc4)C3O)[C@@H]2OC(=O)c2ccccc2)c(=O)[nH]1. The molecule has 22 nitrogen and oxygen atoms in total. The zero-order valence-corrected chi connectivity index (χ0v) is 29.9. The number of H-pyrrole nitrogens is 1. The fraction of sp³-hybridized carbons (Fsp3) is 0.333. The molecule has 0 radical (unpaired) electrons. The van der Waals surface area contributed by atoms with E-state index in [1.165, 1.54) is 42.1 Å². The molecule has 2 aliphatic heterocycles. The number of hydrogen-bond acceptors (Lipinski definition) is 18. The van der Waals surface area contributed by atoms with Gasteiger partial charge in [0, 0.05) is 0 Å². The Bertz CT molecular complexity index is 2400. The quantitative estimate of drug-likeness (QED) is 0.0804. The van der Waals surface area contributed by atoms with E-state index < -0.39 is 93.3 Å². The average Bonchev–Trinajstić information content (AvgIpc) is 3.84. The number of carbonyl (C=O) groups is 2. The lowest BCUT2D eigenvalue weighted by Gasteiger charge is -2.26. The number of ether oxygens (including phenoxy) is 4. The van der Waals surface area contributed by atoms with Crippen molar-refractivity contribution in [2.45, 2.75) is 56.0 Å². The van der Waals surface area contributed by atoms with Gasteiger partial charge in [0.1, 0.15) is 36.6 Å². The average molecular weight is 797 g/mol. The Balaban J connectivity index is 1.14. The van der Waals surface area contributed by atoms with Crippen LogP contribution in [0.2, 0.25) is 0 Å². The zero-order chi connectivity index (χ0) is 39.7. The Kier molecular flexibility index (Phi) is 10.9. The van der Waals surface area contributed by atoms with Gasteiger partial charge in [0.25, 0.3) is 5.56 Å². The number of benzene rings is 2. The number of rotatable bonds is 12. The minimum Gasteiger partial charge on any atom is -0.451 e. The van der Waals surface area contributed by atoms with Crippen molar-refractivity contribution >= 4 is 36.9 Å². The lowest BCUT2D eigenvalue weighted by molar-refractivity contribution is -0.0645. The van der Waals surface area contributed by atoms with Crippen molar-refractivity contribution < 1.29 is 57.3 Å². The van der Waals surface area contributed by atoms with Crippen LogP contribution in [0.3, 0.4) is 0 Å². The number of nitrogen functional groups attached to an aromatic ring is 1. The summed E-state index contributed by atoms with van der Waals surface area (Å²) in [4.78, 5) is 80.9. The third-order valence-corrected chi connectivity index (χ3v) is 9.77. The van der Waals surface area contributed by atoms with E-state index in [-0.39, 0.29) is 34.1 Å². The molecule has 0 saturated carbocycles. The Labute approximate surface area is 314 Å². The lowest BCUT2D eigenvalue weighted by atomic mass is 10.1. The number of nitrogens with zero attached hydrogens (tertiary/aromatic N) is 6. The number of esters is 2. The third-order valence-electron chi connectivity index (χ3n) is 8.78. The molecule has 0 bridgehead atoms. The highest BCUT2D eigenvalue weighted by Crippen LogP contribution is 2.50. The molecule has 6 N–H and O–H groups in total. The lowest BCUT2D eigenvalue weighted by Crippen LogP contribution is -2.40. The summed E-state index contributed by atoms with van der Waals surface area (Å²) in [5.74, 6) is -1.95. The molecule has 5 aromatic rings. The first-order chi connectivity index (χ1) is 26.8. The summed E-state index contributed by atoms with van der Waals surface area (Å²) in [5.41, 5.74) is 4.07. The number of aryl methyl sites for hydroxylation is 1. The topological polar surface area (TPSA) is 305 Å². The zero-order valence-electron chi connectivity index (χ0n) is 29.0. The van der Waals surface area contributed by atoms with Gasteiger partial charge in [-0.1, -0.05) is 36.4 Å². The van der Waals surface area contributed by atoms with Crippen LogP contribution in [0.1, 0.15) is 39.0 Å². The van der Waals surface area contributed by atoms with Crippen molar-refractivity contribution in [3.63, 3.8) is 0 Å². The predicted octanol–water partition coefficient (Wildman–Crippen LogP) is -0.236. The van der Waals surface area contributed by atoms with Crippen molar-refractivity contribution in [1.29, 1.82) is 0 Å². The first-order valence-corrected chi connectivity index (χ1v) is 18.2. The third kappa shape index (κ3) is 7.85. The van der Waals surface area contributed by atoms with Gasteiger partial charge in [-0.15, -0.1) is 0 Å². The van der Waals surface area contributed by atoms with E-state index in [9.17, 15) is 38.8 Å². The fourth-order valence-electron chi connectivity index (χ4n) is 6.17. The highest BCUT2D eigenvalue weighted by molar-refractivity contribution is 7.47. The molecule has 3 aromatic heterocycles. The predicted molar refractivity (Wildman–Crippen MR) is 186 cm³/mol. The highest BCUT2D eigenvalue weighted by Gasteiger charge is 2.53. The number of nitrogens with two attached hydrogens (primary N) is 1. The Morgan fingerprint density at radius 1 is 0.875 bits per heavy atom. The maximum Gasteiger partial charge on any atom is 0.472 e. The number of anilines is 1. The number of imidazole rings is 1. The second-order valence-electron chi connectivity index (χ2n) is 12.5. The molecule has 3 unspecified atom stereocenters. The molecule has 2 saturated heterocycles. The van der Waals surface area contributed by atoms with Crippen LogP contribution in [0.5, 0.6) is 0 Å². The highest BCUT2D eigenvalue weighted by atomic mass is 31.2. The van der Waals surface area contributed by atoms with E-state index in [4.69, 9.17) is 33.7 Å². The second kappa shape index (κ2) is 15.8. The molecule has 9 atom stereocenters. The molecule has 0 amide bonds. The number of hydrogen-bond donors (Lipinski definition) is 5. The van der Waals surface area contributed by atoms with E-state index in [2.05, 4.69) is 24.9 Å². The van der Waals surface area contributed by atoms with Gasteiger partial charge in [-0.05, 0) is 31.2 Å². The van der Waals surface area contributed by atoms with E-state index >= 15 is 0 Å². The van der Waals surface area contributed by atoms with Crippen molar-refractivity contribution in [2.75, 3.05) is 18.9 Å². The van der Waals surface area contributed by atoms with Crippen molar-refractivity contribution in [3.8, 4) is 0 Å². The maximum absolute atomic E-state index is 13.6. The molecular weight excluding hydrogens is 763 g/mol. The molecule has 0 aliphatic carbocycles. The van der Waals surface area contributed by atoms with Gasteiger partial charge in [-0.2, -0.15) is 4.98 Å². The van der Waals surface area contributed by atoms with Crippen LogP contribution in [0, 0.1) is 6.92 Å². The second-order valence-corrected chi connectivity index (χ2v) is 13.9. The van der Waals surface area contributed by atoms with E-state index in [0.29, 0.717) is 0 Å². The number of phosphoric acid groups is 1. The molecule has 23 heteroatoms. The number of phosphoric ester groups is 1. The van der Waals surface area contributed by atoms with E-state index in [0.717, 1.165) is 10.9 Å². The molecule has 0 spiro atoms. The standard InChI is InChI=1S/C33H33N8O14P/c1-16-37-26-21(27(44)38-16)35-14-40(26)29-25(54-31(46)18-10-6-3-7-11-18)23(19(12-42)51-29)55-56(48,49)50-13-20-22(43)24(53-30(45)17-8-4-2-5-9-17)28(52-20)41-15-36-32(34)39-33(41)47/h2-11,14-15,19-20,22-25,28-29,42-43H,12-13H2,1H3,(H,48,49)(H2,34,39,47)(H,37,38,44)/t19-,20-,22?,23?,24+,25+,28-,29-/m1/s1.